The SMILES string of the molecule is C=CCCCC1(C)CCN(CC2=CN3C(=C)N(c4cccc(C(c5nncn5C)C5CCC5)c4)C=C3C(C(F)(F)F)=C2)CC1. The Morgan fingerprint density at radius 3 is 2.55 bits per heavy atom. The van der Waals surface area contributed by atoms with E-state index in [1.165, 1.54) is 12.5 Å². The third-order valence-corrected chi connectivity index (χ3v) is 10.1. The molecule has 1 saturated heterocycles. The Labute approximate surface area is 258 Å². The van der Waals surface area contributed by atoms with Crippen molar-refractivity contribution in [3.63, 3.8) is 0 Å². The molecule has 0 amide bonds. The van der Waals surface area contributed by atoms with Gasteiger partial charge >= 0.3 is 6.18 Å². The van der Waals surface area contributed by atoms with Crippen LogP contribution in [0.1, 0.15) is 75.6 Å². The van der Waals surface area contributed by atoms with E-state index in [-0.39, 0.29) is 17.0 Å². The summed E-state index contributed by atoms with van der Waals surface area (Å²) in [7, 11) is 1.96. The molecule has 1 aliphatic carbocycles. The van der Waals surface area contributed by atoms with Gasteiger partial charge in [-0.15, -0.1) is 16.8 Å². The van der Waals surface area contributed by atoms with Crippen molar-refractivity contribution in [2.75, 3.05) is 24.5 Å². The summed E-state index contributed by atoms with van der Waals surface area (Å²) >= 11 is 0. The van der Waals surface area contributed by atoms with E-state index >= 15 is 0 Å². The summed E-state index contributed by atoms with van der Waals surface area (Å²) in [5.74, 6) is 1.93. The molecule has 1 saturated carbocycles. The Morgan fingerprint density at radius 1 is 1.14 bits per heavy atom. The number of aromatic nitrogens is 3. The van der Waals surface area contributed by atoms with Crippen molar-refractivity contribution in [3.05, 3.63) is 102 Å². The zero-order chi connectivity index (χ0) is 31.1. The molecule has 2 fully saturated rings. The molecule has 1 aromatic carbocycles. The molecule has 1 aromatic heterocycles. The summed E-state index contributed by atoms with van der Waals surface area (Å²) in [5, 5.41) is 8.55. The van der Waals surface area contributed by atoms with Gasteiger partial charge in [0.05, 0.1) is 11.3 Å². The third kappa shape index (κ3) is 6.03. The van der Waals surface area contributed by atoms with E-state index < -0.39 is 11.7 Å². The molecule has 0 bridgehead atoms. The molecule has 44 heavy (non-hydrogen) atoms. The summed E-state index contributed by atoms with van der Waals surface area (Å²) in [6, 6.07) is 8.06. The van der Waals surface area contributed by atoms with Crippen LogP contribution < -0.4 is 4.90 Å². The first-order chi connectivity index (χ1) is 21.1. The highest BCUT2D eigenvalue weighted by Crippen LogP contribution is 2.46. The van der Waals surface area contributed by atoms with Gasteiger partial charge in [-0.2, -0.15) is 13.2 Å². The summed E-state index contributed by atoms with van der Waals surface area (Å²) in [5.41, 5.74) is 2.27. The van der Waals surface area contributed by atoms with Crippen LogP contribution in [0, 0.1) is 11.3 Å². The topological polar surface area (TPSA) is 40.4 Å². The highest BCUT2D eigenvalue weighted by molar-refractivity contribution is 5.64. The molecule has 9 heteroatoms. The number of likely N-dealkylation sites (tertiary alicyclic amines) is 1. The number of hydrogen-bond donors (Lipinski definition) is 0. The summed E-state index contributed by atoms with van der Waals surface area (Å²) in [6.07, 6.45) is 12.8. The zero-order valence-corrected chi connectivity index (χ0v) is 25.9. The Hall–Kier alpha value is -3.59. The van der Waals surface area contributed by atoms with Gasteiger partial charge in [-0.25, -0.2) is 0 Å². The lowest BCUT2D eigenvalue weighted by molar-refractivity contribution is -0.0909. The van der Waals surface area contributed by atoms with Crippen LogP contribution in [0.4, 0.5) is 18.9 Å². The average Bonchev–Trinajstić information content (AvgIpc) is 3.54. The van der Waals surface area contributed by atoms with Gasteiger partial charge in [0.2, 0.25) is 0 Å². The number of alkyl halides is 3. The molecule has 234 valence electrons. The number of allylic oxidation sites excluding steroid dienone is 2. The number of aryl methyl sites for hydroxylation is 1. The van der Waals surface area contributed by atoms with E-state index in [9.17, 15) is 13.2 Å². The van der Waals surface area contributed by atoms with Crippen molar-refractivity contribution in [3.8, 4) is 0 Å². The minimum absolute atomic E-state index is 0.0767. The second-order valence-electron chi connectivity index (χ2n) is 13.3. The standard InChI is InChI=1S/C35H43F3N6/c1-5-6-7-14-34(3)15-17-42(18-16-34)21-26-19-30(35(36,37)38)31-23-43(25(2)44(31)22-26)29-13-9-12-28(20-29)32(27-10-8-11-27)33-40-39-24-41(33)4/h5,9,12-13,19-20,22-24,27,32H,1-2,6-8,10-11,14-18,21H2,3-4H3. The van der Waals surface area contributed by atoms with Crippen LogP contribution in [0.5, 0.6) is 0 Å². The number of halogens is 3. The molecule has 0 N–H and O–H groups in total. The van der Waals surface area contributed by atoms with Crippen LogP contribution in [-0.2, 0) is 7.05 Å². The average molecular weight is 605 g/mol. The van der Waals surface area contributed by atoms with Crippen LogP contribution in [0.2, 0.25) is 0 Å². The number of nitrogens with zero attached hydrogens (tertiary/aromatic N) is 6. The predicted molar refractivity (Wildman–Crippen MR) is 168 cm³/mol. The first kappa shape index (κ1) is 30.4. The van der Waals surface area contributed by atoms with E-state index in [1.807, 2.05) is 36.0 Å². The minimum atomic E-state index is -4.49. The number of unbranched alkanes of at least 4 members (excludes halogenated alkanes) is 1. The van der Waals surface area contributed by atoms with E-state index in [4.69, 9.17) is 0 Å². The van der Waals surface area contributed by atoms with Crippen molar-refractivity contribution in [1.82, 2.24) is 24.6 Å². The third-order valence-electron chi connectivity index (χ3n) is 10.1. The second-order valence-corrected chi connectivity index (χ2v) is 13.3. The van der Waals surface area contributed by atoms with Gasteiger partial charge in [0.15, 0.2) is 0 Å². The van der Waals surface area contributed by atoms with Gasteiger partial charge in [0.25, 0.3) is 0 Å². The predicted octanol–water partition coefficient (Wildman–Crippen LogP) is 8.03. The van der Waals surface area contributed by atoms with Crippen molar-refractivity contribution in [1.29, 1.82) is 0 Å². The number of rotatable bonds is 10. The fourth-order valence-electron chi connectivity index (χ4n) is 7.14. The quantitative estimate of drug-likeness (QED) is 0.203. The van der Waals surface area contributed by atoms with E-state index in [2.05, 4.69) is 47.3 Å². The molecule has 1 atom stereocenters. The summed E-state index contributed by atoms with van der Waals surface area (Å²) in [4.78, 5) is 5.68. The number of anilines is 1. The Bertz CT molecular complexity index is 1490. The smallest absolute Gasteiger partial charge is 0.320 e. The lowest BCUT2D eigenvalue weighted by Gasteiger charge is -2.40. The fraction of sp³-hybridized carbons (Fsp3) is 0.486. The van der Waals surface area contributed by atoms with Gasteiger partial charge in [0, 0.05) is 37.6 Å². The van der Waals surface area contributed by atoms with Gasteiger partial charge in [-0.1, -0.05) is 38.1 Å². The van der Waals surface area contributed by atoms with Crippen molar-refractivity contribution >= 4 is 5.69 Å². The monoisotopic (exact) mass is 604 g/mol. The summed E-state index contributed by atoms with van der Waals surface area (Å²) in [6.45, 7) is 12.7. The van der Waals surface area contributed by atoms with Gasteiger partial charge < -0.3 is 14.4 Å². The highest BCUT2D eigenvalue weighted by Gasteiger charge is 2.43. The molecule has 2 aromatic rings. The lowest BCUT2D eigenvalue weighted by Crippen LogP contribution is -2.40. The van der Waals surface area contributed by atoms with Crippen LogP contribution in [0.15, 0.2) is 91.0 Å². The minimum Gasteiger partial charge on any atom is -0.320 e. The van der Waals surface area contributed by atoms with Crippen molar-refractivity contribution in [2.24, 2.45) is 18.4 Å². The maximum Gasteiger partial charge on any atom is 0.418 e. The normalized spacial score (nSPS) is 21.4. The molecule has 3 aliphatic heterocycles. The molecular formula is C35H43F3N6. The maximum atomic E-state index is 14.5. The molecule has 6 nitrogen and oxygen atoms in total. The number of piperidine rings is 1. The second kappa shape index (κ2) is 12.1. The van der Waals surface area contributed by atoms with E-state index in [1.54, 1.807) is 22.3 Å². The number of hydrogen-bond acceptors (Lipinski definition) is 5. The van der Waals surface area contributed by atoms with E-state index in [0.29, 0.717) is 23.9 Å². The zero-order valence-electron chi connectivity index (χ0n) is 25.9. The maximum absolute atomic E-state index is 14.5. The molecule has 4 aliphatic rings. The van der Waals surface area contributed by atoms with E-state index in [0.717, 1.165) is 75.1 Å². The number of benzene rings is 1. The van der Waals surface area contributed by atoms with Gasteiger partial charge in [-0.3, -0.25) is 4.90 Å². The van der Waals surface area contributed by atoms with Crippen molar-refractivity contribution < 1.29 is 13.2 Å². The first-order valence-corrected chi connectivity index (χ1v) is 15.8. The molecule has 1 unspecified atom stereocenters. The Morgan fingerprint density at radius 2 is 1.91 bits per heavy atom. The molecule has 4 heterocycles. The van der Waals surface area contributed by atoms with Gasteiger partial charge in [0.1, 0.15) is 18.0 Å². The molecule has 0 radical (unpaired) electrons. The van der Waals surface area contributed by atoms with Crippen molar-refractivity contribution in [2.45, 2.75) is 70.4 Å². The van der Waals surface area contributed by atoms with Crippen LogP contribution >= 0.6 is 0 Å². The molecular weight excluding hydrogens is 561 g/mol. The number of fused-ring (bicyclic) bond motifs is 1. The largest absolute Gasteiger partial charge is 0.418 e. The van der Waals surface area contributed by atoms with Gasteiger partial charge in [-0.05, 0) is 98.7 Å². The highest BCUT2D eigenvalue weighted by atomic mass is 19.4. The summed E-state index contributed by atoms with van der Waals surface area (Å²) < 4.78 is 45.4. The fourth-order valence-corrected chi connectivity index (χ4v) is 7.14. The lowest BCUT2D eigenvalue weighted by atomic mass is 9.72. The Kier molecular flexibility index (Phi) is 8.35. The van der Waals surface area contributed by atoms with Crippen LogP contribution in [0.25, 0.3) is 0 Å². The Balaban J connectivity index is 1.23. The van der Waals surface area contributed by atoms with Crippen LogP contribution in [-0.4, -0.2) is 50.4 Å². The molecule has 0 spiro atoms. The van der Waals surface area contributed by atoms with Crippen LogP contribution in [0.3, 0.4) is 0 Å². The first-order valence-electron chi connectivity index (χ1n) is 15.8. The molecule has 6 rings (SSSR count).